The number of amides is 1. The van der Waals surface area contributed by atoms with Crippen LogP contribution in [0.5, 0.6) is 0 Å². The molecule has 0 aromatic carbocycles. The second kappa shape index (κ2) is 6.00. The number of carbonyl (C=O) groups is 1. The summed E-state index contributed by atoms with van der Waals surface area (Å²) in [7, 11) is 0. The number of carbonyl (C=O) groups excluding carboxylic acids is 1. The van der Waals surface area contributed by atoms with Gasteiger partial charge in [0.25, 0.3) is 0 Å². The molecule has 1 aliphatic heterocycles. The molecule has 3 fully saturated rings. The van der Waals surface area contributed by atoms with E-state index in [2.05, 4.69) is 10.6 Å². The Labute approximate surface area is 120 Å². The number of aliphatic hydroxyl groups excluding tert-OH is 1. The highest BCUT2D eigenvalue weighted by molar-refractivity contribution is 5.76. The van der Waals surface area contributed by atoms with Gasteiger partial charge in [-0.1, -0.05) is 6.42 Å². The molecule has 0 aromatic rings. The third-order valence-electron chi connectivity index (χ3n) is 5.38. The molecule has 1 amide bonds. The molecule has 3 aliphatic rings. The lowest BCUT2D eigenvalue weighted by Crippen LogP contribution is -2.62. The lowest BCUT2D eigenvalue weighted by atomic mass is 9.86. The van der Waals surface area contributed by atoms with Crippen molar-refractivity contribution in [3.05, 3.63) is 0 Å². The van der Waals surface area contributed by atoms with E-state index in [1.54, 1.807) is 0 Å². The van der Waals surface area contributed by atoms with Crippen molar-refractivity contribution in [2.45, 2.75) is 37.6 Å². The van der Waals surface area contributed by atoms with E-state index < -0.39 is 5.54 Å². The van der Waals surface area contributed by atoms with E-state index in [0.717, 1.165) is 18.4 Å². The average Bonchev–Trinajstić information content (AvgIpc) is 3.09. The lowest BCUT2D eigenvalue weighted by molar-refractivity contribution is -0.123. The van der Waals surface area contributed by atoms with Crippen LogP contribution < -0.4 is 10.6 Å². The van der Waals surface area contributed by atoms with Gasteiger partial charge < -0.3 is 20.5 Å². The maximum absolute atomic E-state index is 12.1. The molecule has 2 bridgehead atoms. The first-order valence-corrected chi connectivity index (χ1v) is 7.91. The zero-order chi connectivity index (χ0) is 14.0. The van der Waals surface area contributed by atoms with Gasteiger partial charge in [0.2, 0.25) is 5.91 Å². The first-order valence-electron chi connectivity index (χ1n) is 7.91. The predicted octanol–water partition coefficient (Wildman–Crippen LogP) is 0.280. The van der Waals surface area contributed by atoms with Gasteiger partial charge in [-0.25, -0.2) is 0 Å². The van der Waals surface area contributed by atoms with Crippen LogP contribution in [0.15, 0.2) is 0 Å². The van der Waals surface area contributed by atoms with Crippen LogP contribution in [0.1, 0.15) is 32.1 Å². The third-order valence-corrected chi connectivity index (χ3v) is 5.38. The summed E-state index contributed by atoms with van der Waals surface area (Å²) < 4.78 is 5.41. The standard InChI is InChI=1S/C15H26N2O3/c18-9-15(10-20-4-3-17-15)8-16-14(19)7-13-6-11-1-2-12(13)5-11/h11-13,17-18H,1-10H2,(H,16,19). The Morgan fingerprint density at radius 3 is 2.90 bits per heavy atom. The Morgan fingerprint density at radius 1 is 1.40 bits per heavy atom. The molecule has 3 N–H and O–H groups in total. The van der Waals surface area contributed by atoms with Crippen molar-refractivity contribution in [3.8, 4) is 0 Å². The summed E-state index contributed by atoms with van der Waals surface area (Å²) in [5.74, 6) is 2.39. The molecule has 2 saturated carbocycles. The van der Waals surface area contributed by atoms with Gasteiger partial charge >= 0.3 is 0 Å². The molecule has 1 saturated heterocycles. The van der Waals surface area contributed by atoms with E-state index in [9.17, 15) is 9.90 Å². The highest BCUT2D eigenvalue weighted by Gasteiger charge is 2.40. The van der Waals surface area contributed by atoms with Gasteiger partial charge in [0.05, 0.1) is 25.4 Å². The molecule has 20 heavy (non-hydrogen) atoms. The van der Waals surface area contributed by atoms with Crippen molar-refractivity contribution in [3.63, 3.8) is 0 Å². The van der Waals surface area contributed by atoms with Crippen molar-refractivity contribution in [1.82, 2.24) is 10.6 Å². The molecule has 5 nitrogen and oxygen atoms in total. The zero-order valence-electron chi connectivity index (χ0n) is 12.1. The predicted molar refractivity (Wildman–Crippen MR) is 75.2 cm³/mol. The van der Waals surface area contributed by atoms with Crippen molar-refractivity contribution in [2.24, 2.45) is 17.8 Å². The second-order valence-corrected chi connectivity index (χ2v) is 6.83. The van der Waals surface area contributed by atoms with Crippen LogP contribution >= 0.6 is 0 Å². The number of fused-ring (bicyclic) bond motifs is 2. The minimum Gasteiger partial charge on any atom is -0.394 e. The zero-order valence-corrected chi connectivity index (χ0v) is 12.1. The van der Waals surface area contributed by atoms with E-state index in [1.165, 1.54) is 25.7 Å². The second-order valence-electron chi connectivity index (χ2n) is 6.83. The number of ether oxygens (including phenoxy) is 1. The first-order chi connectivity index (χ1) is 9.71. The van der Waals surface area contributed by atoms with Gasteiger partial charge in [-0.15, -0.1) is 0 Å². The van der Waals surface area contributed by atoms with Gasteiger partial charge in [-0.2, -0.15) is 0 Å². The first kappa shape index (κ1) is 14.3. The molecule has 4 unspecified atom stereocenters. The highest BCUT2D eigenvalue weighted by Crippen LogP contribution is 2.49. The molecular weight excluding hydrogens is 256 g/mol. The molecule has 3 rings (SSSR count). The summed E-state index contributed by atoms with van der Waals surface area (Å²) in [6, 6.07) is 0. The molecule has 5 heteroatoms. The van der Waals surface area contributed by atoms with Crippen molar-refractivity contribution in [2.75, 3.05) is 32.9 Å². The number of rotatable bonds is 5. The molecule has 0 spiro atoms. The van der Waals surface area contributed by atoms with E-state index >= 15 is 0 Å². The monoisotopic (exact) mass is 282 g/mol. The third kappa shape index (κ3) is 3.00. The Hall–Kier alpha value is -0.650. The Kier molecular flexibility index (Phi) is 4.29. The van der Waals surface area contributed by atoms with Crippen LogP contribution in [0, 0.1) is 17.8 Å². The van der Waals surface area contributed by atoms with Crippen LogP contribution in [0.3, 0.4) is 0 Å². The minimum atomic E-state index is -0.497. The van der Waals surface area contributed by atoms with E-state index in [-0.39, 0.29) is 12.5 Å². The topological polar surface area (TPSA) is 70.6 Å². The quantitative estimate of drug-likeness (QED) is 0.677. The van der Waals surface area contributed by atoms with Crippen molar-refractivity contribution < 1.29 is 14.6 Å². The molecular formula is C15H26N2O3. The van der Waals surface area contributed by atoms with Crippen LogP contribution in [-0.4, -0.2) is 49.5 Å². The van der Waals surface area contributed by atoms with Crippen LogP contribution in [-0.2, 0) is 9.53 Å². The summed E-state index contributed by atoms with van der Waals surface area (Å²) in [5, 5.41) is 15.8. The number of hydrogen-bond acceptors (Lipinski definition) is 4. The molecule has 4 atom stereocenters. The smallest absolute Gasteiger partial charge is 0.220 e. The van der Waals surface area contributed by atoms with E-state index in [1.807, 2.05) is 0 Å². The number of aliphatic hydroxyl groups is 1. The molecule has 2 aliphatic carbocycles. The maximum atomic E-state index is 12.1. The van der Waals surface area contributed by atoms with Crippen molar-refractivity contribution in [1.29, 1.82) is 0 Å². The molecule has 0 aromatic heterocycles. The maximum Gasteiger partial charge on any atom is 0.220 e. The highest BCUT2D eigenvalue weighted by atomic mass is 16.5. The fourth-order valence-electron chi connectivity index (χ4n) is 4.18. The summed E-state index contributed by atoms with van der Waals surface area (Å²) in [4.78, 5) is 12.1. The summed E-state index contributed by atoms with van der Waals surface area (Å²) in [5.41, 5.74) is -0.497. The average molecular weight is 282 g/mol. The van der Waals surface area contributed by atoms with Gasteiger partial charge in [0.15, 0.2) is 0 Å². The van der Waals surface area contributed by atoms with E-state index in [4.69, 9.17) is 4.74 Å². The van der Waals surface area contributed by atoms with Gasteiger partial charge in [0, 0.05) is 19.5 Å². The Balaban J connectivity index is 1.44. The molecule has 0 radical (unpaired) electrons. The minimum absolute atomic E-state index is 0.0125. The van der Waals surface area contributed by atoms with Gasteiger partial charge in [-0.3, -0.25) is 4.79 Å². The molecule has 1 heterocycles. The van der Waals surface area contributed by atoms with Crippen LogP contribution in [0.4, 0.5) is 0 Å². The fourth-order valence-corrected chi connectivity index (χ4v) is 4.18. The largest absolute Gasteiger partial charge is 0.394 e. The normalized spacial score (nSPS) is 40.0. The fraction of sp³-hybridized carbons (Fsp3) is 0.933. The Bertz CT molecular complexity index is 355. The van der Waals surface area contributed by atoms with Gasteiger partial charge in [-0.05, 0) is 37.0 Å². The molecule has 114 valence electrons. The van der Waals surface area contributed by atoms with Crippen LogP contribution in [0.2, 0.25) is 0 Å². The summed E-state index contributed by atoms with van der Waals surface area (Å²) in [6.07, 6.45) is 5.93. The number of morpholine rings is 1. The summed E-state index contributed by atoms with van der Waals surface area (Å²) in [6.45, 7) is 2.28. The SMILES string of the molecule is O=C(CC1CC2CCC1C2)NCC1(CO)COCCN1. The van der Waals surface area contributed by atoms with Crippen molar-refractivity contribution >= 4 is 5.91 Å². The number of nitrogens with one attached hydrogen (secondary N) is 2. The number of hydrogen-bond donors (Lipinski definition) is 3. The summed E-state index contributed by atoms with van der Waals surface area (Å²) >= 11 is 0. The van der Waals surface area contributed by atoms with Gasteiger partial charge in [0.1, 0.15) is 0 Å². The van der Waals surface area contributed by atoms with E-state index in [0.29, 0.717) is 32.1 Å². The van der Waals surface area contributed by atoms with Crippen LogP contribution in [0.25, 0.3) is 0 Å². The lowest BCUT2D eigenvalue weighted by Gasteiger charge is -2.36. The Morgan fingerprint density at radius 2 is 2.30 bits per heavy atom.